The van der Waals surface area contributed by atoms with Crippen LogP contribution in [0.1, 0.15) is 38.8 Å². The lowest BCUT2D eigenvalue weighted by atomic mass is 9.90. The van der Waals surface area contributed by atoms with Crippen LogP contribution >= 0.6 is 0 Å². The summed E-state index contributed by atoms with van der Waals surface area (Å²) in [6, 6.07) is 5.55. The summed E-state index contributed by atoms with van der Waals surface area (Å²) >= 11 is 0. The first kappa shape index (κ1) is 14.7. The molecule has 110 valence electrons. The van der Waals surface area contributed by atoms with Crippen molar-refractivity contribution in [2.45, 2.75) is 38.8 Å². The van der Waals surface area contributed by atoms with Gasteiger partial charge in [-0.25, -0.2) is 0 Å². The number of nitrogens with two attached hydrogens (primary N) is 2. The number of carbonyl (C=O) groups is 1. The maximum atomic E-state index is 11.0. The number of hydrogen-bond acceptors (Lipinski definition) is 4. The first-order valence-electron chi connectivity index (χ1n) is 6.79. The highest BCUT2D eigenvalue weighted by atomic mass is 16.5. The molecule has 5 heteroatoms. The summed E-state index contributed by atoms with van der Waals surface area (Å²) in [5.41, 5.74) is 12.1. The highest BCUT2D eigenvalue weighted by Gasteiger charge is 2.31. The molecule has 0 radical (unpaired) electrons. The van der Waals surface area contributed by atoms with Gasteiger partial charge in [0.2, 0.25) is 5.91 Å². The number of primary amides is 1. The van der Waals surface area contributed by atoms with Gasteiger partial charge in [0.15, 0.2) is 0 Å². The Morgan fingerprint density at radius 1 is 1.55 bits per heavy atom. The van der Waals surface area contributed by atoms with Crippen molar-refractivity contribution in [2.24, 2.45) is 17.4 Å². The number of rotatable bonds is 4. The molecule has 1 aromatic carbocycles. The van der Waals surface area contributed by atoms with Crippen LogP contribution in [0.4, 0.5) is 0 Å². The second-order valence-corrected chi connectivity index (χ2v) is 5.99. The third-order valence-electron chi connectivity index (χ3n) is 3.47. The molecule has 5 nitrogen and oxygen atoms in total. The Labute approximate surface area is 119 Å². The van der Waals surface area contributed by atoms with Crippen molar-refractivity contribution in [3.8, 4) is 11.5 Å². The van der Waals surface area contributed by atoms with E-state index >= 15 is 0 Å². The van der Waals surface area contributed by atoms with Gasteiger partial charge < -0.3 is 20.9 Å². The van der Waals surface area contributed by atoms with Gasteiger partial charge >= 0.3 is 0 Å². The smallest absolute Gasteiger partial charge is 0.223 e. The first-order chi connectivity index (χ1) is 9.28. The number of amides is 1. The van der Waals surface area contributed by atoms with Gasteiger partial charge in [-0.2, -0.15) is 0 Å². The Morgan fingerprint density at radius 2 is 2.25 bits per heavy atom. The van der Waals surface area contributed by atoms with Crippen LogP contribution in [0.15, 0.2) is 18.2 Å². The van der Waals surface area contributed by atoms with Crippen molar-refractivity contribution in [1.82, 2.24) is 0 Å². The van der Waals surface area contributed by atoms with Crippen molar-refractivity contribution >= 4 is 5.91 Å². The van der Waals surface area contributed by atoms with Crippen LogP contribution in [0.2, 0.25) is 0 Å². The van der Waals surface area contributed by atoms with Crippen LogP contribution in [0.5, 0.6) is 11.5 Å². The number of ether oxygens (including phenoxy) is 2. The van der Waals surface area contributed by atoms with Crippen LogP contribution in [0.25, 0.3) is 0 Å². The van der Waals surface area contributed by atoms with E-state index in [2.05, 4.69) is 0 Å². The minimum Gasteiger partial charge on any atom is -0.493 e. The zero-order valence-corrected chi connectivity index (χ0v) is 12.2. The van der Waals surface area contributed by atoms with Gasteiger partial charge in [-0.15, -0.1) is 0 Å². The highest BCUT2D eigenvalue weighted by Crippen LogP contribution is 2.39. The van der Waals surface area contributed by atoms with E-state index in [1.54, 1.807) is 6.92 Å². The molecule has 4 N–H and O–H groups in total. The minimum atomic E-state index is -0.373. The van der Waals surface area contributed by atoms with E-state index in [1.807, 2.05) is 32.0 Å². The molecule has 2 rings (SSSR count). The van der Waals surface area contributed by atoms with Crippen LogP contribution in [0, 0.1) is 5.92 Å². The lowest BCUT2D eigenvalue weighted by Gasteiger charge is -2.36. The van der Waals surface area contributed by atoms with E-state index in [4.69, 9.17) is 20.9 Å². The Morgan fingerprint density at radius 3 is 2.90 bits per heavy atom. The maximum Gasteiger partial charge on any atom is 0.223 e. The predicted molar refractivity (Wildman–Crippen MR) is 76.5 cm³/mol. The zero-order valence-electron chi connectivity index (χ0n) is 12.2. The Kier molecular flexibility index (Phi) is 3.90. The molecule has 0 bridgehead atoms. The van der Waals surface area contributed by atoms with Crippen molar-refractivity contribution in [2.75, 3.05) is 6.61 Å². The number of benzene rings is 1. The SMILES string of the molecule is CC(COc1ccc2c(c1)OC(C)(C)CC2N)C(N)=O. The second-order valence-electron chi connectivity index (χ2n) is 5.99. The monoisotopic (exact) mass is 278 g/mol. The molecule has 1 heterocycles. The summed E-state index contributed by atoms with van der Waals surface area (Å²) in [6.45, 7) is 6.01. The molecule has 2 unspecified atom stereocenters. The number of carbonyl (C=O) groups excluding carboxylic acids is 1. The van der Waals surface area contributed by atoms with Gasteiger partial charge in [0.25, 0.3) is 0 Å². The predicted octanol–water partition coefficient (Wildman–Crippen LogP) is 1.75. The summed E-state index contributed by atoms with van der Waals surface area (Å²) in [7, 11) is 0. The first-order valence-corrected chi connectivity index (χ1v) is 6.79. The molecule has 20 heavy (non-hydrogen) atoms. The zero-order chi connectivity index (χ0) is 14.9. The fourth-order valence-corrected chi connectivity index (χ4v) is 2.28. The normalized spacial score (nSPS) is 21.5. The fourth-order valence-electron chi connectivity index (χ4n) is 2.28. The Hall–Kier alpha value is -1.75. The molecular formula is C15H22N2O3. The standard InChI is InChI=1S/C15H22N2O3/c1-9(14(17)18)8-19-10-4-5-11-12(16)7-15(2,3)20-13(11)6-10/h4-6,9,12H,7-8,16H2,1-3H3,(H2,17,18). The molecule has 0 spiro atoms. The van der Waals surface area contributed by atoms with Crippen LogP contribution < -0.4 is 20.9 Å². The lowest BCUT2D eigenvalue weighted by Crippen LogP contribution is -2.37. The molecule has 1 aromatic rings. The highest BCUT2D eigenvalue weighted by molar-refractivity contribution is 5.76. The third kappa shape index (κ3) is 3.22. The van der Waals surface area contributed by atoms with E-state index in [9.17, 15) is 4.79 Å². The molecule has 0 saturated carbocycles. The molecule has 0 aliphatic carbocycles. The maximum absolute atomic E-state index is 11.0. The summed E-state index contributed by atoms with van der Waals surface area (Å²) in [5.74, 6) is 0.702. The quantitative estimate of drug-likeness (QED) is 0.878. The van der Waals surface area contributed by atoms with Crippen LogP contribution in [-0.2, 0) is 4.79 Å². The average Bonchev–Trinajstić information content (AvgIpc) is 2.33. The lowest BCUT2D eigenvalue weighted by molar-refractivity contribution is -0.122. The summed E-state index contributed by atoms with van der Waals surface area (Å²) < 4.78 is 11.5. The topological polar surface area (TPSA) is 87.6 Å². The largest absolute Gasteiger partial charge is 0.493 e. The third-order valence-corrected chi connectivity index (χ3v) is 3.47. The Bertz CT molecular complexity index is 514. The van der Waals surface area contributed by atoms with Crippen molar-refractivity contribution in [3.63, 3.8) is 0 Å². The minimum absolute atomic E-state index is 0.0349. The molecule has 0 fully saturated rings. The van der Waals surface area contributed by atoms with Gasteiger partial charge in [-0.1, -0.05) is 13.0 Å². The van der Waals surface area contributed by atoms with E-state index < -0.39 is 0 Å². The number of hydrogen-bond donors (Lipinski definition) is 2. The molecule has 1 amide bonds. The van der Waals surface area contributed by atoms with Crippen molar-refractivity contribution in [3.05, 3.63) is 23.8 Å². The second kappa shape index (κ2) is 5.32. The van der Waals surface area contributed by atoms with E-state index in [-0.39, 0.29) is 30.1 Å². The summed E-state index contributed by atoms with van der Waals surface area (Å²) in [6.07, 6.45) is 0.777. The van der Waals surface area contributed by atoms with Crippen molar-refractivity contribution < 1.29 is 14.3 Å². The van der Waals surface area contributed by atoms with Gasteiger partial charge in [0.1, 0.15) is 17.1 Å². The van der Waals surface area contributed by atoms with Crippen LogP contribution in [-0.4, -0.2) is 18.1 Å². The van der Waals surface area contributed by atoms with Gasteiger partial charge in [0.05, 0.1) is 12.5 Å². The van der Waals surface area contributed by atoms with Gasteiger partial charge in [-0.3, -0.25) is 4.79 Å². The van der Waals surface area contributed by atoms with E-state index in [0.29, 0.717) is 5.75 Å². The fraction of sp³-hybridized carbons (Fsp3) is 0.533. The number of fused-ring (bicyclic) bond motifs is 1. The molecule has 0 aromatic heterocycles. The van der Waals surface area contributed by atoms with Crippen LogP contribution in [0.3, 0.4) is 0 Å². The van der Waals surface area contributed by atoms with E-state index in [1.165, 1.54) is 0 Å². The summed E-state index contributed by atoms with van der Waals surface area (Å²) in [4.78, 5) is 11.0. The molecular weight excluding hydrogens is 256 g/mol. The Balaban J connectivity index is 2.13. The molecule has 1 aliphatic heterocycles. The van der Waals surface area contributed by atoms with E-state index in [0.717, 1.165) is 17.7 Å². The molecule has 2 atom stereocenters. The average molecular weight is 278 g/mol. The molecule has 0 saturated heterocycles. The van der Waals surface area contributed by atoms with Crippen molar-refractivity contribution in [1.29, 1.82) is 0 Å². The summed E-state index contributed by atoms with van der Waals surface area (Å²) in [5, 5.41) is 0. The van der Waals surface area contributed by atoms with Gasteiger partial charge in [-0.05, 0) is 19.9 Å². The molecule has 1 aliphatic rings. The van der Waals surface area contributed by atoms with Gasteiger partial charge in [0, 0.05) is 24.1 Å².